The number of nitrogens with zero attached hydrogens (tertiary/aromatic N) is 1. The van der Waals surface area contributed by atoms with E-state index >= 15 is 0 Å². The lowest BCUT2D eigenvalue weighted by atomic mass is 10.2. The Morgan fingerprint density at radius 1 is 1.15 bits per heavy atom. The van der Waals surface area contributed by atoms with E-state index in [-0.39, 0.29) is 22.0 Å². The standard InChI is InChI=1S/C18H20ClFN2O3S/c1-3-22(4-2)26(24,25)17-11-13(9-10-15(17)19)18(23)21-12-14-7-5-6-8-16(14)20/h5-11H,3-4,12H2,1-2H3,(H,21,23). The average molecular weight is 399 g/mol. The number of benzene rings is 2. The van der Waals surface area contributed by atoms with Gasteiger partial charge in [-0.25, -0.2) is 12.8 Å². The molecule has 0 radical (unpaired) electrons. The second kappa shape index (κ2) is 8.62. The minimum Gasteiger partial charge on any atom is -0.348 e. The number of amides is 1. The van der Waals surface area contributed by atoms with Crippen molar-refractivity contribution >= 4 is 27.5 Å². The highest BCUT2D eigenvalue weighted by Gasteiger charge is 2.25. The molecule has 0 atom stereocenters. The van der Waals surface area contributed by atoms with Crippen molar-refractivity contribution < 1.29 is 17.6 Å². The quantitative estimate of drug-likeness (QED) is 0.776. The van der Waals surface area contributed by atoms with Crippen LogP contribution in [-0.4, -0.2) is 31.7 Å². The van der Waals surface area contributed by atoms with Crippen LogP contribution in [0.15, 0.2) is 47.4 Å². The van der Waals surface area contributed by atoms with E-state index in [4.69, 9.17) is 11.6 Å². The molecule has 0 aliphatic heterocycles. The summed E-state index contributed by atoms with van der Waals surface area (Å²) in [5.41, 5.74) is 0.474. The molecule has 2 rings (SSSR count). The van der Waals surface area contributed by atoms with Crippen molar-refractivity contribution in [3.63, 3.8) is 0 Å². The first kappa shape index (κ1) is 20.4. The van der Waals surface area contributed by atoms with Crippen LogP contribution in [0.5, 0.6) is 0 Å². The highest BCUT2D eigenvalue weighted by atomic mass is 35.5. The monoisotopic (exact) mass is 398 g/mol. The van der Waals surface area contributed by atoms with Crippen LogP contribution in [0.25, 0.3) is 0 Å². The molecule has 0 saturated heterocycles. The van der Waals surface area contributed by atoms with Crippen molar-refractivity contribution in [2.24, 2.45) is 0 Å². The number of sulfonamides is 1. The Morgan fingerprint density at radius 3 is 2.42 bits per heavy atom. The summed E-state index contributed by atoms with van der Waals surface area (Å²) in [7, 11) is -3.80. The fraction of sp³-hybridized carbons (Fsp3) is 0.278. The molecule has 0 bridgehead atoms. The fourth-order valence-electron chi connectivity index (χ4n) is 2.46. The lowest BCUT2D eigenvalue weighted by Gasteiger charge is -2.19. The lowest BCUT2D eigenvalue weighted by Crippen LogP contribution is -2.31. The predicted molar refractivity (Wildman–Crippen MR) is 99.1 cm³/mol. The van der Waals surface area contributed by atoms with E-state index < -0.39 is 21.7 Å². The Morgan fingerprint density at radius 2 is 1.81 bits per heavy atom. The molecule has 0 spiro atoms. The van der Waals surface area contributed by atoms with E-state index in [0.717, 1.165) is 0 Å². The lowest BCUT2D eigenvalue weighted by molar-refractivity contribution is 0.0950. The van der Waals surface area contributed by atoms with Crippen molar-refractivity contribution in [2.45, 2.75) is 25.3 Å². The largest absolute Gasteiger partial charge is 0.348 e. The molecule has 0 aliphatic rings. The zero-order chi connectivity index (χ0) is 19.3. The minimum atomic E-state index is -3.80. The maximum atomic E-state index is 13.6. The van der Waals surface area contributed by atoms with E-state index in [1.165, 1.54) is 28.6 Å². The number of hydrogen-bond acceptors (Lipinski definition) is 3. The highest BCUT2D eigenvalue weighted by Crippen LogP contribution is 2.26. The summed E-state index contributed by atoms with van der Waals surface area (Å²) < 4.78 is 40.2. The first-order chi connectivity index (χ1) is 12.3. The van der Waals surface area contributed by atoms with Gasteiger partial charge >= 0.3 is 0 Å². The van der Waals surface area contributed by atoms with Gasteiger partial charge in [0.15, 0.2) is 0 Å². The van der Waals surface area contributed by atoms with Crippen LogP contribution >= 0.6 is 11.6 Å². The second-order valence-corrected chi connectivity index (χ2v) is 7.82. The van der Waals surface area contributed by atoms with Gasteiger partial charge in [0.05, 0.1) is 5.02 Å². The number of hydrogen-bond donors (Lipinski definition) is 1. The summed E-state index contributed by atoms with van der Waals surface area (Å²) in [6.45, 7) is 4.02. The number of nitrogens with one attached hydrogen (secondary N) is 1. The van der Waals surface area contributed by atoms with E-state index in [9.17, 15) is 17.6 Å². The van der Waals surface area contributed by atoms with Gasteiger partial charge in [0.2, 0.25) is 10.0 Å². The molecule has 2 aromatic rings. The molecule has 140 valence electrons. The van der Waals surface area contributed by atoms with Crippen LogP contribution in [0, 0.1) is 5.82 Å². The molecule has 0 fully saturated rings. The zero-order valence-electron chi connectivity index (χ0n) is 14.5. The molecule has 5 nitrogen and oxygen atoms in total. The van der Waals surface area contributed by atoms with Gasteiger partial charge in [-0.2, -0.15) is 4.31 Å². The Bertz CT molecular complexity index is 899. The van der Waals surface area contributed by atoms with Crippen molar-refractivity contribution in [1.82, 2.24) is 9.62 Å². The molecule has 0 heterocycles. The molecule has 1 amide bonds. The SMILES string of the molecule is CCN(CC)S(=O)(=O)c1cc(C(=O)NCc2ccccc2F)ccc1Cl. The maximum Gasteiger partial charge on any atom is 0.251 e. The molecular weight excluding hydrogens is 379 g/mol. The van der Waals surface area contributed by atoms with Gasteiger partial charge in [-0.1, -0.05) is 43.6 Å². The Kier molecular flexibility index (Phi) is 6.75. The molecule has 2 aromatic carbocycles. The van der Waals surface area contributed by atoms with Crippen LogP contribution in [0.4, 0.5) is 4.39 Å². The number of halogens is 2. The van der Waals surface area contributed by atoms with Gasteiger partial charge in [0, 0.05) is 30.8 Å². The minimum absolute atomic E-state index is 0.00768. The van der Waals surface area contributed by atoms with Crippen molar-refractivity contribution in [1.29, 1.82) is 0 Å². The fourth-order valence-corrected chi connectivity index (χ4v) is 4.42. The normalized spacial score (nSPS) is 11.6. The number of carbonyl (C=O) groups excluding carboxylic acids is 1. The average Bonchev–Trinajstić information content (AvgIpc) is 2.61. The number of carbonyl (C=O) groups is 1. The molecule has 0 unspecified atom stereocenters. The van der Waals surface area contributed by atoms with Crippen LogP contribution in [0.2, 0.25) is 5.02 Å². The van der Waals surface area contributed by atoms with E-state index in [1.807, 2.05) is 0 Å². The Hall–Kier alpha value is -1.96. The van der Waals surface area contributed by atoms with E-state index in [0.29, 0.717) is 18.7 Å². The van der Waals surface area contributed by atoms with Gasteiger partial charge in [0.25, 0.3) is 5.91 Å². The smallest absolute Gasteiger partial charge is 0.251 e. The summed E-state index contributed by atoms with van der Waals surface area (Å²) in [6.07, 6.45) is 0. The second-order valence-electron chi connectivity index (χ2n) is 5.51. The van der Waals surface area contributed by atoms with Gasteiger partial charge in [-0.05, 0) is 24.3 Å². The van der Waals surface area contributed by atoms with Crippen molar-refractivity contribution in [2.75, 3.05) is 13.1 Å². The molecule has 0 aromatic heterocycles. The first-order valence-corrected chi connectivity index (χ1v) is 9.94. The van der Waals surface area contributed by atoms with Crippen molar-refractivity contribution in [3.05, 3.63) is 64.4 Å². The predicted octanol–water partition coefficient (Wildman–Crippen LogP) is 3.44. The van der Waals surface area contributed by atoms with Gasteiger partial charge in [-0.15, -0.1) is 0 Å². The third-order valence-electron chi connectivity index (χ3n) is 3.91. The zero-order valence-corrected chi connectivity index (χ0v) is 16.1. The molecule has 8 heteroatoms. The molecule has 26 heavy (non-hydrogen) atoms. The Labute approximate surface area is 157 Å². The topological polar surface area (TPSA) is 66.5 Å². The Balaban J connectivity index is 2.26. The van der Waals surface area contributed by atoms with E-state index in [2.05, 4.69) is 5.32 Å². The molecular formula is C18H20ClFN2O3S. The van der Waals surface area contributed by atoms with Crippen LogP contribution in [0.1, 0.15) is 29.8 Å². The van der Waals surface area contributed by atoms with Crippen molar-refractivity contribution in [3.8, 4) is 0 Å². The van der Waals surface area contributed by atoms with Crippen LogP contribution in [0.3, 0.4) is 0 Å². The molecule has 0 aliphatic carbocycles. The van der Waals surface area contributed by atoms with Gasteiger partial charge < -0.3 is 5.32 Å². The first-order valence-electron chi connectivity index (χ1n) is 8.12. The van der Waals surface area contributed by atoms with E-state index in [1.54, 1.807) is 32.0 Å². The van der Waals surface area contributed by atoms with Gasteiger partial charge in [0.1, 0.15) is 10.7 Å². The summed E-state index contributed by atoms with van der Waals surface area (Å²) in [4.78, 5) is 12.2. The summed E-state index contributed by atoms with van der Waals surface area (Å²) in [5, 5.41) is 2.62. The summed E-state index contributed by atoms with van der Waals surface area (Å²) in [5.74, 6) is -0.936. The third kappa shape index (κ3) is 4.41. The van der Waals surface area contributed by atoms with Crippen LogP contribution in [-0.2, 0) is 16.6 Å². The third-order valence-corrected chi connectivity index (χ3v) is 6.45. The summed E-state index contributed by atoms with van der Waals surface area (Å²) in [6, 6.07) is 10.1. The highest BCUT2D eigenvalue weighted by molar-refractivity contribution is 7.89. The molecule has 0 saturated carbocycles. The van der Waals surface area contributed by atoms with Gasteiger partial charge in [-0.3, -0.25) is 4.79 Å². The number of rotatable bonds is 7. The molecule has 1 N–H and O–H groups in total. The maximum absolute atomic E-state index is 13.6. The summed E-state index contributed by atoms with van der Waals surface area (Å²) >= 11 is 6.05. The van der Waals surface area contributed by atoms with Crippen LogP contribution < -0.4 is 5.32 Å².